The Labute approximate surface area is 477 Å². The summed E-state index contributed by atoms with van der Waals surface area (Å²) in [5, 5.41) is 54.4. The van der Waals surface area contributed by atoms with Gasteiger partial charge in [0.1, 0.15) is 24.4 Å². The van der Waals surface area contributed by atoms with Gasteiger partial charge in [0.05, 0.1) is 25.4 Å². The zero-order valence-corrected chi connectivity index (χ0v) is 51.0. The molecule has 0 aliphatic carbocycles. The Hall–Kier alpha value is -1.33. The first-order chi connectivity index (χ1) is 37.8. The second-order valence-corrected chi connectivity index (χ2v) is 24.0. The lowest BCUT2D eigenvalue weighted by molar-refractivity contribution is -0.302. The molecule has 0 aromatic heterocycles. The second-order valence-electron chi connectivity index (χ2n) is 24.0. The van der Waals surface area contributed by atoms with Crippen LogP contribution in [0.2, 0.25) is 0 Å². The van der Waals surface area contributed by atoms with E-state index in [1.54, 1.807) is 6.08 Å². The van der Waals surface area contributed by atoms with Crippen LogP contribution in [0.3, 0.4) is 0 Å². The van der Waals surface area contributed by atoms with Crippen LogP contribution in [-0.4, -0.2) is 87.5 Å². The molecule has 7 atom stereocenters. The van der Waals surface area contributed by atoms with Gasteiger partial charge >= 0.3 is 0 Å². The highest BCUT2D eigenvalue weighted by atomic mass is 16.7. The second kappa shape index (κ2) is 57.9. The summed E-state index contributed by atoms with van der Waals surface area (Å²) in [6.07, 6.45) is 69.0. The van der Waals surface area contributed by atoms with E-state index >= 15 is 0 Å². The number of rotatable bonds is 60. The molecule has 7 unspecified atom stereocenters. The van der Waals surface area contributed by atoms with Crippen molar-refractivity contribution in [1.29, 1.82) is 0 Å². The number of aliphatic hydroxyl groups excluding tert-OH is 5. The highest BCUT2D eigenvalue weighted by molar-refractivity contribution is 5.76. The van der Waals surface area contributed by atoms with Crippen LogP contribution in [0.1, 0.15) is 348 Å². The molecule has 0 saturated carbocycles. The average Bonchev–Trinajstić information content (AvgIpc) is 3.43. The number of ether oxygens (including phenoxy) is 2. The molecule has 1 rings (SSSR count). The topological polar surface area (TPSA) is 149 Å². The van der Waals surface area contributed by atoms with E-state index in [1.807, 2.05) is 6.08 Å². The predicted octanol–water partition coefficient (Wildman–Crippen LogP) is 18.1. The molecule has 0 aromatic rings. The standard InChI is InChI=1S/C68H131NO8/c1-3-5-7-9-11-13-15-17-18-19-20-21-22-23-24-25-26-27-28-29-30-31-32-33-34-35-36-37-38-39-40-41-42-43-44-46-48-50-52-54-56-58-64(72)69-61(60-76-68-67(75)66(74)65(73)63(59-70)77-68)62(71)57-55-53-51-49-47-45-16-14-12-10-8-6-4-2/h47,49,55,57,61-63,65-68,70-71,73-75H,3-46,48,50-54,56,58-60H2,1-2H3,(H,69,72)/b49-47+,57-55+. The van der Waals surface area contributed by atoms with Crippen molar-refractivity contribution in [2.24, 2.45) is 0 Å². The summed E-state index contributed by atoms with van der Waals surface area (Å²) in [5.74, 6) is -0.181. The maximum atomic E-state index is 13.1. The Morgan fingerprint density at radius 1 is 0.429 bits per heavy atom. The fourth-order valence-corrected chi connectivity index (χ4v) is 11.2. The molecule has 1 fully saturated rings. The van der Waals surface area contributed by atoms with E-state index < -0.39 is 49.5 Å². The third-order valence-corrected chi connectivity index (χ3v) is 16.5. The van der Waals surface area contributed by atoms with Gasteiger partial charge in [-0.3, -0.25) is 4.79 Å². The first-order valence-electron chi connectivity index (χ1n) is 34.1. The van der Waals surface area contributed by atoms with Gasteiger partial charge in [-0.15, -0.1) is 0 Å². The summed E-state index contributed by atoms with van der Waals surface area (Å²) in [7, 11) is 0. The zero-order chi connectivity index (χ0) is 55.8. The van der Waals surface area contributed by atoms with Crippen LogP contribution in [0.4, 0.5) is 0 Å². The molecule has 1 heterocycles. The van der Waals surface area contributed by atoms with Crippen LogP contribution in [0.5, 0.6) is 0 Å². The van der Waals surface area contributed by atoms with Gasteiger partial charge in [0.2, 0.25) is 5.91 Å². The number of amides is 1. The van der Waals surface area contributed by atoms with Gasteiger partial charge in [-0.05, 0) is 32.1 Å². The SMILES string of the molecule is CCCCCCCCC/C=C/CC/C=C/C(O)C(COC1OC(CO)C(O)C(O)C1O)NC(=O)CCCCCCCCCCCCCCCCCCCCCCCCCCCCCCCCCCCCCCCCCCC. The van der Waals surface area contributed by atoms with Crippen LogP contribution in [-0.2, 0) is 14.3 Å². The van der Waals surface area contributed by atoms with E-state index in [4.69, 9.17) is 9.47 Å². The minimum atomic E-state index is -1.57. The highest BCUT2D eigenvalue weighted by Gasteiger charge is 2.44. The molecule has 0 bridgehead atoms. The van der Waals surface area contributed by atoms with Crippen LogP contribution in [0.25, 0.3) is 0 Å². The molecular weight excluding hydrogens is 959 g/mol. The van der Waals surface area contributed by atoms with Crippen molar-refractivity contribution in [1.82, 2.24) is 5.32 Å². The largest absolute Gasteiger partial charge is 0.394 e. The molecule has 1 aliphatic rings. The fraction of sp³-hybridized carbons (Fsp3) is 0.926. The Balaban J connectivity index is 1.99. The molecular formula is C68H131NO8. The molecule has 9 heteroatoms. The number of allylic oxidation sites excluding steroid dienone is 3. The minimum Gasteiger partial charge on any atom is -0.394 e. The smallest absolute Gasteiger partial charge is 0.220 e. The third-order valence-electron chi connectivity index (χ3n) is 16.5. The lowest BCUT2D eigenvalue weighted by Crippen LogP contribution is -2.60. The molecule has 9 nitrogen and oxygen atoms in total. The van der Waals surface area contributed by atoms with E-state index in [1.165, 1.54) is 289 Å². The van der Waals surface area contributed by atoms with Crippen LogP contribution >= 0.6 is 0 Å². The van der Waals surface area contributed by atoms with Gasteiger partial charge in [0, 0.05) is 6.42 Å². The summed E-state index contributed by atoms with van der Waals surface area (Å²) in [4.78, 5) is 13.1. The number of nitrogens with one attached hydrogen (secondary N) is 1. The minimum absolute atomic E-state index is 0.181. The molecule has 1 aliphatic heterocycles. The van der Waals surface area contributed by atoms with Gasteiger partial charge in [-0.25, -0.2) is 0 Å². The number of carbonyl (C=O) groups is 1. The molecule has 1 amide bonds. The molecule has 0 aromatic carbocycles. The monoisotopic (exact) mass is 1090 g/mol. The molecule has 6 N–H and O–H groups in total. The van der Waals surface area contributed by atoms with Gasteiger partial charge in [0.25, 0.3) is 0 Å². The molecule has 0 spiro atoms. The maximum Gasteiger partial charge on any atom is 0.220 e. The Kier molecular flexibility index (Phi) is 55.4. The van der Waals surface area contributed by atoms with Crippen molar-refractivity contribution < 1.29 is 39.8 Å². The lowest BCUT2D eigenvalue weighted by Gasteiger charge is -2.40. The van der Waals surface area contributed by atoms with Crippen molar-refractivity contribution >= 4 is 5.91 Å². The highest BCUT2D eigenvalue weighted by Crippen LogP contribution is 2.23. The van der Waals surface area contributed by atoms with Gasteiger partial charge < -0.3 is 40.3 Å². The lowest BCUT2D eigenvalue weighted by atomic mass is 9.99. The van der Waals surface area contributed by atoms with Crippen LogP contribution in [0, 0.1) is 0 Å². The van der Waals surface area contributed by atoms with Crippen molar-refractivity contribution in [3.05, 3.63) is 24.3 Å². The summed E-state index contributed by atoms with van der Waals surface area (Å²) in [6.45, 7) is 3.79. The molecule has 77 heavy (non-hydrogen) atoms. The fourth-order valence-electron chi connectivity index (χ4n) is 11.2. The van der Waals surface area contributed by atoms with E-state index in [-0.39, 0.29) is 12.5 Å². The van der Waals surface area contributed by atoms with Gasteiger partial charge in [0.15, 0.2) is 6.29 Å². The van der Waals surface area contributed by atoms with E-state index in [9.17, 15) is 30.3 Å². The first-order valence-corrected chi connectivity index (χ1v) is 34.1. The van der Waals surface area contributed by atoms with E-state index in [2.05, 4.69) is 31.3 Å². The summed E-state index contributed by atoms with van der Waals surface area (Å²) >= 11 is 0. The first kappa shape index (κ1) is 73.7. The third kappa shape index (κ3) is 46.9. The summed E-state index contributed by atoms with van der Waals surface area (Å²) in [6, 6.07) is -0.818. The summed E-state index contributed by atoms with van der Waals surface area (Å²) < 4.78 is 11.3. The Morgan fingerprint density at radius 3 is 1.09 bits per heavy atom. The summed E-state index contributed by atoms with van der Waals surface area (Å²) in [5.41, 5.74) is 0. The quantitative estimate of drug-likeness (QED) is 0.0261. The molecule has 1 saturated heterocycles. The molecule has 0 radical (unpaired) electrons. The van der Waals surface area contributed by atoms with Crippen molar-refractivity contribution in [2.75, 3.05) is 13.2 Å². The van der Waals surface area contributed by atoms with E-state index in [0.717, 1.165) is 38.5 Å². The zero-order valence-electron chi connectivity index (χ0n) is 51.0. The predicted molar refractivity (Wildman–Crippen MR) is 327 cm³/mol. The van der Waals surface area contributed by atoms with Gasteiger partial charge in [-0.1, -0.05) is 334 Å². The average molecular weight is 1090 g/mol. The van der Waals surface area contributed by atoms with Gasteiger partial charge in [-0.2, -0.15) is 0 Å². The van der Waals surface area contributed by atoms with Crippen molar-refractivity contribution in [3.63, 3.8) is 0 Å². The number of aliphatic hydroxyl groups is 5. The normalized spacial score (nSPS) is 18.8. The van der Waals surface area contributed by atoms with Crippen LogP contribution in [0.15, 0.2) is 24.3 Å². The number of hydrogen-bond acceptors (Lipinski definition) is 8. The maximum absolute atomic E-state index is 13.1. The Bertz CT molecular complexity index is 1260. The Morgan fingerprint density at radius 2 is 0.740 bits per heavy atom. The molecule has 456 valence electrons. The number of carbonyl (C=O) groups excluding carboxylic acids is 1. The van der Waals surface area contributed by atoms with Crippen LogP contribution < -0.4 is 5.32 Å². The number of hydrogen-bond donors (Lipinski definition) is 6. The van der Waals surface area contributed by atoms with Crippen molar-refractivity contribution in [2.45, 2.75) is 391 Å². The van der Waals surface area contributed by atoms with Crippen molar-refractivity contribution in [3.8, 4) is 0 Å². The number of unbranched alkanes of at least 4 members (excludes halogenated alkanes) is 48. The van der Waals surface area contributed by atoms with E-state index in [0.29, 0.717) is 6.42 Å².